The number of nitrogens with zero attached hydrogens (tertiary/aromatic N) is 4. The van der Waals surface area contributed by atoms with Gasteiger partial charge in [0.25, 0.3) is 5.91 Å². The van der Waals surface area contributed by atoms with Crippen molar-refractivity contribution >= 4 is 11.9 Å². The van der Waals surface area contributed by atoms with E-state index in [0.717, 1.165) is 38.2 Å². The molecule has 0 spiro atoms. The predicted molar refractivity (Wildman–Crippen MR) is 121 cm³/mol. The standard InChI is InChI=1S/C25H30N4O2/c1-18-17-28(14-10-21-8-5-4-6-9-21)15-11-23(18)29(25-26-12-7-13-27-25)24(30)22-16-19(2)31-20(22)3/h4-9,12-13,16,18,23H,10-11,14-15,17H2,1-3H3/t18-,23-/m0/s1. The summed E-state index contributed by atoms with van der Waals surface area (Å²) < 4.78 is 5.63. The lowest BCUT2D eigenvalue weighted by atomic mass is 9.91. The van der Waals surface area contributed by atoms with E-state index in [-0.39, 0.29) is 11.9 Å². The van der Waals surface area contributed by atoms with Crippen LogP contribution in [-0.4, -0.2) is 46.5 Å². The summed E-state index contributed by atoms with van der Waals surface area (Å²) in [5.41, 5.74) is 1.95. The zero-order chi connectivity index (χ0) is 21.8. The molecule has 31 heavy (non-hydrogen) atoms. The molecule has 162 valence electrons. The molecule has 2 atom stereocenters. The summed E-state index contributed by atoms with van der Waals surface area (Å²) in [6.07, 6.45) is 5.30. The number of piperidine rings is 1. The topological polar surface area (TPSA) is 62.5 Å². The summed E-state index contributed by atoms with van der Waals surface area (Å²) in [5, 5.41) is 0. The van der Waals surface area contributed by atoms with Gasteiger partial charge in [0.2, 0.25) is 5.95 Å². The van der Waals surface area contributed by atoms with E-state index in [1.165, 1.54) is 5.56 Å². The highest BCUT2D eigenvalue weighted by molar-refractivity contribution is 6.06. The first-order valence-corrected chi connectivity index (χ1v) is 11.0. The Morgan fingerprint density at radius 3 is 2.55 bits per heavy atom. The zero-order valence-electron chi connectivity index (χ0n) is 18.5. The fraction of sp³-hybridized carbons (Fsp3) is 0.400. The van der Waals surface area contributed by atoms with Gasteiger partial charge in [-0.1, -0.05) is 37.3 Å². The molecule has 0 N–H and O–H groups in total. The van der Waals surface area contributed by atoms with Crippen molar-refractivity contribution in [3.63, 3.8) is 0 Å². The summed E-state index contributed by atoms with van der Waals surface area (Å²) in [5.74, 6) is 2.04. The molecule has 4 rings (SSSR count). The Labute approximate surface area is 183 Å². The van der Waals surface area contributed by atoms with E-state index in [4.69, 9.17) is 4.42 Å². The molecule has 1 aliphatic rings. The first kappa shape index (κ1) is 21.2. The number of likely N-dealkylation sites (tertiary alicyclic amines) is 1. The number of amides is 1. The third-order valence-corrected chi connectivity index (χ3v) is 6.09. The third kappa shape index (κ3) is 4.85. The number of anilines is 1. The molecule has 1 aromatic carbocycles. The van der Waals surface area contributed by atoms with Gasteiger partial charge in [-0.05, 0) is 50.3 Å². The Kier molecular flexibility index (Phi) is 6.47. The van der Waals surface area contributed by atoms with E-state index in [1.54, 1.807) is 23.4 Å². The van der Waals surface area contributed by atoms with Crippen LogP contribution in [0.4, 0.5) is 5.95 Å². The molecule has 3 heterocycles. The number of aromatic nitrogens is 2. The minimum absolute atomic E-state index is 0.0393. The smallest absolute Gasteiger partial charge is 0.264 e. The van der Waals surface area contributed by atoms with Crippen molar-refractivity contribution < 1.29 is 9.21 Å². The maximum Gasteiger partial charge on any atom is 0.264 e. The third-order valence-electron chi connectivity index (χ3n) is 6.09. The number of rotatable bonds is 6. The van der Waals surface area contributed by atoms with Crippen molar-refractivity contribution in [3.8, 4) is 0 Å². The molecule has 2 aromatic heterocycles. The lowest BCUT2D eigenvalue weighted by Crippen LogP contribution is -2.53. The summed E-state index contributed by atoms with van der Waals surface area (Å²) in [4.78, 5) is 26.7. The summed E-state index contributed by atoms with van der Waals surface area (Å²) >= 11 is 0. The van der Waals surface area contributed by atoms with Crippen molar-refractivity contribution in [2.75, 3.05) is 24.5 Å². The second-order valence-electron chi connectivity index (χ2n) is 8.42. The van der Waals surface area contributed by atoms with Crippen LogP contribution >= 0.6 is 0 Å². The molecule has 0 radical (unpaired) electrons. The fourth-order valence-electron chi connectivity index (χ4n) is 4.52. The molecule has 0 aliphatic carbocycles. The number of hydrogen-bond donors (Lipinski definition) is 0. The quantitative estimate of drug-likeness (QED) is 0.598. The second-order valence-corrected chi connectivity index (χ2v) is 8.42. The average Bonchev–Trinajstić information content (AvgIpc) is 3.13. The van der Waals surface area contributed by atoms with Gasteiger partial charge in [-0.2, -0.15) is 0 Å². The number of carbonyl (C=O) groups is 1. The van der Waals surface area contributed by atoms with E-state index in [9.17, 15) is 4.79 Å². The minimum Gasteiger partial charge on any atom is -0.466 e. The maximum absolute atomic E-state index is 13.6. The van der Waals surface area contributed by atoms with Gasteiger partial charge in [-0.15, -0.1) is 0 Å². The summed E-state index contributed by atoms with van der Waals surface area (Å²) in [6, 6.07) is 14.2. The van der Waals surface area contributed by atoms with Gasteiger partial charge in [0.15, 0.2) is 0 Å². The maximum atomic E-state index is 13.6. The van der Waals surface area contributed by atoms with Crippen LogP contribution < -0.4 is 4.90 Å². The highest BCUT2D eigenvalue weighted by Gasteiger charge is 2.36. The summed E-state index contributed by atoms with van der Waals surface area (Å²) in [7, 11) is 0. The van der Waals surface area contributed by atoms with Crippen LogP contribution in [0, 0.1) is 19.8 Å². The number of aryl methyl sites for hydroxylation is 2. The molecule has 3 aromatic rings. The molecule has 1 fully saturated rings. The Hall–Kier alpha value is -2.99. The van der Waals surface area contributed by atoms with E-state index in [2.05, 4.69) is 52.1 Å². The van der Waals surface area contributed by atoms with Crippen LogP contribution in [0.2, 0.25) is 0 Å². The second kappa shape index (κ2) is 9.43. The van der Waals surface area contributed by atoms with Crippen LogP contribution in [-0.2, 0) is 6.42 Å². The van der Waals surface area contributed by atoms with Gasteiger partial charge in [0.05, 0.1) is 5.56 Å². The van der Waals surface area contributed by atoms with Crippen LogP contribution in [0.3, 0.4) is 0 Å². The molecule has 6 nitrogen and oxygen atoms in total. The van der Waals surface area contributed by atoms with Gasteiger partial charge in [0, 0.05) is 38.1 Å². The Morgan fingerprint density at radius 1 is 1.16 bits per heavy atom. The zero-order valence-corrected chi connectivity index (χ0v) is 18.5. The first-order chi connectivity index (χ1) is 15.0. The largest absolute Gasteiger partial charge is 0.466 e. The molecule has 1 aliphatic heterocycles. The monoisotopic (exact) mass is 418 g/mol. The first-order valence-electron chi connectivity index (χ1n) is 11.0. The van der Waals surface area contributed by atoms with Crippen molar-refractivity contribution in [2.24, 2.45) is 5.92 Å². The Bertz CT molecular complexity index is 1000. The lowest BCUT2D eigenvalue weighted by Gasteiger charge is -2.41. The van der Waals surface area contributed by atoms with Gasteiger partial charge >= 0.3 is 0 Å². The van der Waals surface area contributed by atoms with E-state index in [0.29, 0.717) is 23.2 Å². The Balaban J connectivity index is 1.51. The van der Waals surface area contributed by atoms with Crippen LogP contribution in [0.15, 0.2) is 59.3 Å². The van der Waals surface area contributed by atoms with E-state index < -0.39 is 0 Å². The van der Waals surface area contributed by atoms with Gasteiger partial charge in [0.1, 0.15) is 11.5 Å². The van der Waals surface area contributed by atoms with Crippen molar-refractivity contribution in [2.45, 2.75) is 39.7 Å². The van der Waals surface area contributed by atoms with Crippen LogP contribution in [0.25, 0.3) is 0 Å². The van der Waals surface area contributed by atoms with Crippen LogP contribution in [0.1, 0.15) is 40.8 Å². The number of benzene rings is 1. The SMILES string of the molecule is Cc1cc(C(=O)N(c2ncccn2)[C@H]2CCN(CCc3ccccc3)C[C@@H]2C)c(C)o1. The number of carbonyl (C=O) groups excluding carboxylic acids is 1. The van der Waals surface area contributed by atoms with Gasteiger partial charge in [-0.3, -0.25) is 9.69 Å². The number of hydrogen-bond acceptors (Lipinski definition) is 5. The molecule has 0 unspecified atom stereocenters. The van der Waals surface area contributed by atoms with Crippen LogP contribution in [0.5, 0.6) is 0 Å². The molecule has 6 heteroatoms. The lowest BCUT2D eigenvalue weighted by molar-refractivity contribution is 0.0928. The molecule has 0 saturated carbocycles. The minimum atomic E-state index is -0.0878. The molecule has 0 bridgehead atoms. The normalized spacial score (nSPS) is 19.3. The fourth-order valence-corrected chi connectivity index (χ4v) is 4.52. The predicted octanol–water partition coefficient (Wildman–Crippen LogP) is 4.29. The highest BCUT2D eigenvalue weighted by atomic mass is 16.3. The van der Waals surface area contributed by atoms with Crippen molar-refractivity contribution in [3.05, 3.63) is 77.5 Å². The molecule has 1 amide bonds. The Morgan fingerprint density at radius 2 is 1.90 bits per heavy atom. The highest BCUT2D eigenvalue weighted by Crippen LogP contribution is 2.28. The van der Waals surface area contributed by atoms with E-state index in [1.807, 2.05) is 19.9 Å². The van der Waals surface area contributed by atoms with Crippen molar-refractivity contribution in [1.82, 2.24) is 14.9 Å². The molecular weight excluding hydrogens is 388 g/mol. The average molecular weight is 419 g/mol. The van der Waals surface area contributed by atoms with Gasteiger partial charge in [-0.25, -0.2) is 9.97 Å². The molecule has 1 saturated heterocycles. The van der Waals surface area contributed by atoms with E-state index >= 15 is 0 Å². The van der Waals surface area contributed by atoms with Crippen molar-refractivity contribution in [1.29, 1.82) is 0 Å². The summed E-state index contributed by atoms with van der Waals surface area (Å²) in [6.45, 7) is 8.83. The number of furan rings is 1. The van der Waals surface area contributed by atoms with Gasteiger partial charge < -0.3 is 9.32 Å². The molecular formula is C25H30N4O2.